The van der Waals surface area contributed by atoms with Crippen molar-refractivity contribution < 1.29 is 4.74 Å². The lowest BCUT2D eigenvalue weighted by Crippen LogP contribution is -2.05. The van der Waals surface area contributed by atoms with Gasteiger partial charge in [-0.3, -0.25) is 0 Å². The summed E-state index contributed by atoms with van der Waals surface area (Å²) in [6, 6.07) is 6.65. The monoisotopic (exact) mass is 302 g/mol. The maximum absolute atomic E-state index is 5.37. The Bertz CT molecular complexity index is 568. The molecular weight excluding hydrogens is 280 g/mol. The molecule has 2 aromatic rings. The van der Waals surface area contributed by atoms with Crippen molar-refractivity contribution >= 4 is 17.0 Å². The van der Waals surface area contributed by atoms with E-state index >= 15 is 0 Å². The van der Waals surface area contributed by atoms with Gasteiger partial charge in [-0.05, 0) is 57.2 Å². The molecule has 3 rings (SSSR count). The van der Waals surface area contributed by atoms with Crippen LogP contribution in [0, 0.1) is 0 Å². The molecule has 0 spiro atoms. The number of hydrogen-bond acceptors (Lipinski definition) is 4. The Labute approximate surface area is 130 Å². The smallest absolute Gasteiger partial charge is 0.213 e. The molecule has 0 saturated carbocycles. The van der Waals surface area contributed by atoms with Crippen LogP contribution in [0.2, 0.25) is 0 Å². The van der Waals surface area contributed by atoms with Crippen molar-refractivity contribution in [2.24, 2.45) is 0 Å². The molecule has 0 aromatic carbocycles. The zero-order valence-corrected chi connectivity index (χ0v) is 13.5. The highest BCUT2D eigenvalue weighted by Crippen LogP contribution is 2.34. The van der Waals surface area contributed by atoms with E-state index in [0.717, 1.165) is 5.69 Å². The third kappa shape index (κ3) is 3.38. The lowest BCUT2D eigenvalue weighted by Gasteiger charge is -2.13. The molecule has 1 atom stereocenters. The van der Waals surface area contributed by atoms with E-state index in [1.807, 2.05) is 36.6 Å². The van der Waals surface area contributed by atoms with Gasteiger partial charge >= 0.3 is 0 Å². The molecule has 4 heteroatoms. The number of anilines is 1. The predicted octanol–water partition coefficient (Wildman–Crippen LogP) is 4.59. The fraction of sp³-hybridized carbons (Fsp3) is 0.471. The molecule has 0 bridgehead atoms. The number of hydrogen-bond donors (Lipinski definition) is 1. The standard InChI is InChI=1S/C17H22N2OS/c1-3-20-17-9-8-14(11-18-17)19-12(2)16-10-13-6-4-5-7-15(13)21-16/h8-12,19H,3-7H2,1-2H3. The van der Waals surface area contributed by atoms with Gasteiger partial charge in [-0.2, -0.15) is 0 Å². The summed E-state index contributed by atoms with van der Waals surface area (Å²) >= 11 is 1.97. The van der Waals surface area contributed by atoms with Crippen LogP contribution in [-0.4, -0.2) is 11.6 Å². The molecule has 2 heterocycles. The Morgan fingerprint density at radius 2 is 2.19 bits per heavy atom. The average Bonchev–Trinajstić information content (AvgIpc) is 2.94. The Balaban J connectivity index is 1.67. The topological polar surface area (TPSA) is 34.1 Å². The van der Waals surface area contributed by atoms with Crippen molar-refractivity contribution in [1.82, 2.24) is 4.98 Å². The van der Waals surface area contributed by atoms with Crippen molar-refractivity contribution in [2.75, 3.05) is 11.9 Å². The molecule has 0 fully saturated rings. The average molecular weight is 302 g/mol. The van der Waals surface area contributed by atoms with E-state index in [1.165, 1.54) is 30.6 Å². The second-order valence-electron chi connectivity index (χ2n) is 5.49. The van der Waals surface area contributed by atoms with Crippen LogP contribution in [-0.2, 0) is 12.8 Å². The number of ether oxygens (including phenoxy) is 1. The third-order valence-corrected chi connectivity index (χ3v) is 5.27. The minimum Gasteiger partial charge on any atom is -0.478 e. The van der Waals surface area contributed by atoms with Crippen LogP contribution < -0.4 is 10.1 Å². The summed E-state index contributed by atoms with van der Waals surface area (Å²) < 4.78 is 5.37. The van der Waals surface area contributed by atoms with Crippen LogP contribution in [0.15, 0.2) is 24.4 Å². The summed E-state index contributed by atoms with van der Waals surface area (Å²) in [5.74, 6) is 0.683. The van der Waals surface area contributed by atoms with E-state index in [-0.39, 0.29) is 0 Å². The SMILES string of the molecule is CCOc1ccc(NC(C)c2cc3c(s2)CCCC3)cn1. The first-order valence-corrected chi connectivity index (χ1v) is 8.54. The number of pyridine rings is 1. The number of aromatic nitrogens is 1. The lowest BCUT2D eigenvalue weighted by atomic mass is 9.99. The van der Waals surface area contributed by atoms with Gasteiger partial charge in [0.2, 0.25) is 5.88 Å². The highest BCUT2D eigenvalue weighted by Gasteiger charge is 2.16. The molecule has 1 N–H and O–H groups in total. The third-order valence-electron chi connectivity index (χ3n) is 3.85. The molecule has 0 saturated heterocycles. The Morgan fingerprint density at radius 1 is 1.33 bits per heavy atom. The number of aryl methyl sites for hydroxylation is 2. The lowest BCUT2D eigenvalue weighted by molar-refractivity contribution is 0.327. The number of rotatable bonds is 5. The van der Waals surface area contributed by atoms with Gasteiger partial charge in [0, 0.05) is 15.8 Å². The molecule has 21 heavy (non-hydrogen) atoms. The van der Waals surface area contributed by atoms with Crippen molar-refractivity contribution in [3.05, 3.63) is 39.7 Å². The van der Waals surface area contributed by atoms with Crippen LogP contribution >= 0.6 is 11.3 Å². The van der Waals surface area contributed by atoms with Crippen LogP contribution in [0.4, 0.5) is 5.69 Å². The van der Waals surface area contributed by atoms with Gasteiger partial charge in [-0.1, -0.05) is 0 Å². The second kappa shape index (κ2) is 6.48. The zero-order chi connectivity index (χ0) is 14.7. The quantitative estimate of drug-likeness (QED) is 0.877. The molecule has 3 nitrogen and oxygen atoms in total. The summed E-state index contributed by atoms with van der Waals surface area (Å²) in [4.78, 5) is 7.32. The summed E-state index contributed by atoms with van der Waals surface area (Å²) in [6.45, 7) is 4.83. The summed E-state index contributed by atoms with van der Waals surface area (Å²) in [5, 5.41) is 3.53. The fourth-order valence-electron chi connectivity index (χ4n) is 2.75. The van der Waals surface area contributed by atoms with Crippen molar-refractivity contribution in [3.8, 4) is 5.88 Å². The van der Waals surface area contributed by atoms with Crippen LogP contribution in [0.5, 0.6) is 5.88 Å². The molecule has 2 aromatic heterocycles. The summed E-state index contributed by atoms with van der Waals surface area (Å²) in [5.41, 5.74) is 2.61. The van der Waals surface area contributed by atoms with Gasteiger partial charge in [-0.15, -0.1) is 11.3 Å². The zero-order valence-electron chi connectivity index (χ0n) is 12.7. The number of fused-ring (bicyclic) bond motifs is 1. The first kappa shape index (κ1) is 14.4. The number of nitrogens with one attached hydrogen (secondary N) is 1. The molecule has 112 valence electrons. The molecule has 0 radical (unpaired) electrons. The van der Waals surface area contributed by atoms with E-state index in [9.17, 15) is 0 Å². The van der Waals surface area contributed by atoms with E-state index in [1.54, 1.807) is 10.4 Å². The number of nitrogens with zero attached hydrogens (tertiary/aromatic N) is 1. The Hall–Kier alpha value is -1.55. The minimum atomic E-state index is 0.320. The van der Waals surface area contributed by atoms with Gasteiger partial charge in [0.25, 0.3) is 0 Å². The Kier molecular flexibility index (Phi) is 4.44. The minimum absolute atomic E-state index is 0.320. The second-order valence-corrected chi connectivity index (χ2v) is 6.66. The summed E-state index contributed by atoms with van der Waals surface area (Å²) in [6.07, 6.45) is 7.04. The maximum Gasteiger partial charge on any atom is 0.213 e. The number of thiophene rings is 1. The van der Waals surface area contributed by atoms with Gasteiger partial charge in [0.1, 0.15) is 0 Å². The highest BCUT2D eigenvalue weighted by molar-refractivity contribution is 7.12. The molecule has 1 aliphatic carbocycles. The van der Waals surface area contributed by atoms with Gasteiger partial charge < -0.3 is 10.1 Å². The molecule has 0 aliphatic heterocycles. The fourth-order valence-corrected chi connectivity index (χ4v) is 4.01. The van der Waals surface area contributed by atoms with Crippen LogP contribution in [0.1, 0.15) is 48.0 Å². The van der Waals surface area contributed by atoms with Crippen molar-refractivity contribution in [3.63, 3.8) is 0 Å². The van der Waals surface area contributed by atoms with E-state index in [4.69, 9.17) is 4.74 Å². The first-order chi connectivity index (χ1) is 10.3. The van der Waals surface area contributed by atoms with Gasteiger partial charge in [-0.25, -0.2) is 4.98 Å². The molecular formula is C17H22N2OS. The van der Waals surface area contributed by atoms with Crippen LogP contribution in [0.3, 0.4) is 0 Å². The Morgan fingerprint density at radius 3 is 2.90 bits per heavy atom. The molecule has 0 amide bonds. The normalized spacial score (nSPS) is 15.3. The van der Waals surface area contributed by atoms with Gasteiger partial charge in [0.05, 0.1) is 24.5 Å². The van der Waals surface area contributed by atoms with Crippen LogP contribution in [0.25, 0.3) is 0 Å². The molecule has 1 unspecified atom stereocenters. The van der Waals surface area contributed by atoms with Crippen molar-refractivity contribution in [2.45, 2.75) is 45.6 Å². The van der Waals surface area contributed by atoms with Gasteiger partial charge in [0.15, 0.2) is 0 Å². The van der Waals surface area contributed by atoms with Crippen molar-refractivity contribution in [1.29, 1.82) is 0 Å². The van der Waals surface area contributed by atoms with E-state index in [0.29, 0.717) is 18.5 Å². The van der Waals surface area contributed by atoms with E-state index in [2.05, 4.69) is 23.3 Å². The first-order valence-electron chi connectivity index (χ1n) is 7.73. The van der Waals surface area contributed by atoms with E-state index < -0.39 is 0 Å². The largest absolute Gasteiger partial charge is 0.478 e. The predicted molar refractivity (Wildman–Crippen MR) is 88.4 cm³/mol. The maximum atomic E-state index is 5.37. The molecule has 1 aliphatic rings. The summed E-state index contributed by atoms with van der Waals surface area (Å²) in [7, 11) is 0. The highest BCUT2D eigenvalue weighted by atomic mass is 32.1.